The molecule has 1 amide bonds. The van der Waals surface area contributed by atoms with Gasteiger partial charge in [-0.05, 0) is 58.6 Å². The predicted molar refractivity (Wildman–Crippen MR) is 191 cm³/mol. The smallest absolute Gasteiger partial charge is 0.410 e. The van der Waals surface area contributed by atoms with Crippen molar-refractivity contribution in [2.45, 2.75) is 134 Å². The number of pyridine rings is 2. The second-order valence-corrected chi connectivity index (χ2v) is 15.1. The first-order valence-electron chi connectivity index (χ1n) is 17.4. The van der Waals surface area contributed by atoms with Crippen LogP contribution in [0.1, 0.15) is 79.6 Å². The van der Waals surface area contributed by atoms with E-state index in [9.17, 15) is 15.0 Å². The van der Waals surface area contributed by atoms with Gasteiger partial charge < -0.3 is 44.4 Å². The molecule has 0 aromatic carbocycles. The lowest BCUT2D eigenvalue weighted by atomic mass is 9.92. The summed E-state index contributed by atoms with van der Waals surface area (Å²) < 4.78 is 17.3. The van der Waals surface area contributed by atoms with E-state index in [4.69, 9.17) is 14.2 Å². The molecule has 4 aliphatic heterocycles. The molecule has 272 valence electrons. The number of aliphatic hydroxyl groups is 2. The number of amides is 1. The molecule has 2 aliphatic carbocycles. The zero-order chi connectivity index (χ0) is 32.7. The standard InChI is InChI=1S/C20H29N3O4.C15H21N3O2.CH4.ClH/c1-20(2,3)27-19(25)22-11-14-4-5-15(12-22)23(14)13-6-7-21-18(8-13)26-17-9-16(24)10-17;19-13-6-14(7-13)20-15-5-10(3-4-17-15)18-11-1-2-12(18)9-16-8-11;;/h6-8,14-17,24H,4-5,9-12H2,1-3H3;3-5,11-14,16,19H,1-2,6-9H2;1H4;1H. The summed E-state index contributed by atoms with van der Waals surface area (Å²) in [4.78, 5) is 27.9. The maximum atomic E-state index is 12.5. The minimum Gasteiger partial charge on any atom is -0.474 e. The first kappa shape index (κ1) is 37.2. The number of likely N-dealkylation sites (tertiary alicyclic amines) is 1. The zero-order valence-corrected chi connectivity index (χ0v) is 29.1. The number of nitrogens with zero attached hydrogens (tertiary/aromatic N) is 5. The quantitative estimate of drug-likeness (QED) is 0.392. The summed E-state index contributed by atoms with van der Waals surface area (Å²) in [5, 5.41) is 22.2. The largest absolute Gasteiger partial charge is 0.474 e. The highest BCUT2D eigenvalue weighted by molar-refractivity contribution is 5.85. The number of carbonyl (C=O) groups is 1. The van der Waals surface area contributed by atoms with Crippen LogP contribution in [0, 0.1) is 0 Å². The molecule has 6 heterocycles. The van der Waals surface area contributed by atoms with Gasteiger partial charge in [-0.2, -0.15) is 0 Å². The van der Waals surface area contributed by atoms with E-state index in [1.165, 1.54) is 18.5 Å². The Kier molecular flexibility index (Phi) is 11.7. The number of anilines is 2. The van der Waals surface area contributed by atoms with E-state index in [-0.39, 0.29) is 62.4 Å². The van der Waals surface area contributed by atoms with Crippen LogP contribution in [0.15, 0.2) is 36.7 Å². The maximum Gasteiger partial charge on any atom is 0.410 e. The van der Waals surface area contributed by atoms with Crippen molar-refractivity contribution >= 4 is 29.9 Å². The van der Waals surface area contributed by atoms with E-state index in [1.54, 1.807) is 6.20 Å². The van der Waals surface area contributed by atoms with Crippen molar-refractivity contribution in [1.29, 1.82) is 0 Å². The number of hydrogen-bond donors (Lipinski definition) is 3. The van der Waals surface area contributed by atoms with Gasteiger partial charge in [-0.1, -0.05) is 7.43 Å². The summed E-state index contributed by atoms with van der Waals surface area (Å²) in [5.41, 5.74) is 1.85. The van der Waals surface area contributed by atoms with Crippen LogP contribution >= 0.6 is 12.4 Å². The summed E-state index contributed by atoms with van der Waals surface area (Å²) in [7, 11) is 0. The highest BCUT2D eigenvalue weighted by Gasteiger charge is 2.43. The van der Waals surface area contributed by atoms with Crippen molar-refractivity contribution in [3.8, 4) is 11.8 Å². The van der Waals surface area contributed by atoms with Crippen LogP contribution < -0.4 is 24.6 Å². The molecule has 4 unspecified atom stereocenters. The van der Waals surface area contributed by atoms with Crippen LogP contribution in [0.3, 0.4) is 0 Å². The Morgan fingerprint density at radius 3 is 1.63 bits per heavy atom. The third-order valence-corrected chi connectivity index (χ3v) is 10.3. The molecule has 3 N–H and O–H groups in total. The molecule has 13 heteroatoms. The van der Waals surface area contributed by atoms with Crippen molar-refractivity contribution < 1.29 is 29.2 Å². The Morgan fingerprint density at radius 1 is 0.776 bits per heavy atom. The molecule has 12 nitrogen and oxygen atoms in total. The average Bonchev–Trinajstić information content (AvgIpc) is 3.41. The van der Waals surface area contributed by atoms with Crippen LogP contribution in [-0.2, 0) is 4.74 Å². The summed E-state index contributed by atoms with van der Waals surface area (Å²) >= 11 is 0. The van der Waals surface area contributed by atoms with Gasteiger partial charge in [-0.15, -0.1) is 12.4 Å². The number of halogens is 1. The summed E-state index contributed by atoms with van der Waals surface area (Å²) in [6, 6.07) is 9.93. The lowest BCUT2D eigenvalue weighted by Crippen LogP contribution is -2.56. The molecule has 0 spiro atoms. The second kappa shape index (κ2) is 15.4. The van der Waals surface area contributed by atoms with Gasteiger partial charge in [-0.25, -0.2) is 14.8 Å². The summed E-state index contributed by atoms with van der Waals surface area (Å²) in [6.07, 6.45) is 10.6. The van der Waals surface area contributed by atoms with Crippen molar-refractivity contribution in [2.24, 2.45) is 0 Å². The number of carbonyl (C=O) groups excluding carboxylic acids is 1. The minimum absolute atomic E-state index is 0. The molecule has 4 atom stereocenters. The van der Waals surface area contributed by atoms with E-state index < -0.39 is 5.60 Å². The van der Waals surface area contributed by atoms with E-state index in [0.29, 0.717) is 49.8 Å². The Balaban J connectivity index is 0.000000191. The number of ether oxygens (including phenoxy) is 3. The monoisotopic (exact) mass is 702 g/mol. The van der Waals surface area contributed by atoms with Crippen molar-refractivity contribution in [3.05, 3.63) is 36.7 Å². The SMILES string of the molecule is C.CC(C)(C)OC(=O)N1CC2CCC(C1)N2c1ccnc(OC2CC(O)C2)c1.Cl.OC1CC(Oc2cc(N3C4CCC3CNC4)ccn2)C1. The first-order valence-corrected chi connectivity index (χ1v) is 17.4. The molecule has 2 aromatic heterocycles. The number of nitrogens with one attached hydrogen (secondary N) is 1. The molecule has 4 bridgehead atoms. The van der Waals surface area contributed by atoms with Gasteiger partial charge in [0.2, 0.25) is 11.8 Å². The lowest BCUT2D eigenvalue weighted by Gasteiger charge is -2.42. The molecule has 49 heavy (non-hydrogen) atoms. The summed E-state index contributed by atoms with van der Waals surface area (Å²) in [5.74, 6) is 1.30. The zero-order valence-electron chi connectivity index (χ0n) is 28.2. The third kappa shape index (κ3) is 8.64. The van der Waals surface area contributed by atoms with Crippen molar-refractivity contribution in [1.82, 2.24) is 20.2 Å². The number of piperazine rings is 2. The van der Waals surface area contributed by atoms with Crippen LogP contribution in [0.25, 0.3) is 0 Å². The van der Waals surface area contributed by atoms with Crippen LogP contribution in [0.4, 0.5) is 16.2 Å². The number of rotatable bonds is 6. The Morgan fingerprint density at radius 2 is 1.20 bits per heavy atom. The van der Waals surface area contributed by atoms with Crippen LogP contribution in [0.2, 0.25) is 0 Å². The molecular weight excluding hydrogens is 648 g/mol. The van der Waals surface area contributed by atoms with Crippen LogP contribution in [0.5, 0.6) is 11.8 Å². The number of hydrogen-bond acceptors (Lipinski definition) is 11. The highest BCUT2D eigenvalue weighted by atomic mass is 35.5. The normalized spacial score (nSPS) is 31.2. The molecular formula is C36H55ClN6O6. The minimum atomic E-state index is -0.473. The first-order chi connectivity index (χ1) is 22.6. The fourth-order valence-corrected chi connectivity index (χ4v) is 7.86. The molecule has 6 aliphatic rings. The number of aliphatic hydroxyl groups excluding tert-OH is 2. The Bertz CT molecular complexity index is 1370. The van der Waals surface area contributed by atoms with Crippen molar-refractivity contribution in [2.75, 3.05) is 36.0 Å². The van der Waals surface area contributed by atoms with Crippen molar-refractivity contribution in [3.63, 3.8) is 0 Å². The topological polar surface area (TPSA) is 133 Å². The lowest BCUT2D eigenvalue weighted by molar-refractivity contribution is -0.0133. The van der Waals surface area contributed by atoms with Gasteiger partial charge in [0.15, 0.2) is 0 Å². The van der Waals surface area contributed by atoms with E-state index >= 15 is 0 Å². The predicted octanol–water partition coefficient (Wildman–Crippen LogP) is 4.55. The Labute approximate surface area is 296 Å². The van der Waals surface area contributed by atoms with Gasteiger partial charge in [0.25, 0.3) is 0 Å². The van der Waals surface area contributed by atoms with Gasteiger partial charge in [0, 0.05) is 112 Å². The molecule has 8 rings (SSSR count). The van der Waals surface area contributed by atoms with E-state index in [1.807, 2.05) is 44.0 Å². The molecule has 4 saturated heterocycles. The highest BCUT2D eigenvalue weighted by Crippen LogP contribution is 2.37. The average molecular weight is 703 g/mol. The number of fused-ring (bicyclic) bond motifs is 4. The number of aromatic nitrogens is 2. The second-order valence-electron chi connectivity index (χ2n) is 15.1. The maximum absolute atomic E-state index is 12.5. The Hall–Kier alpha value is -3.06. The fraction of sp³-hybridized carbons (Fsp3) is 0.694. The molecule has 0 radical (unpaired) electrons. The fourth-order valence-electron chi connectivity index (χ4n) is 7.86. The summed E-state index contributed by atoms with van der Waals surface area (Å²) in [6.45, 7) is 9.20. The molecule has 2 saturated carbocycles. The van der Waals surface area contributed by atoms with Crippen LogP contribution in [-0.4, -0.2) is 112 Å². The van der Waals surface area contributed by atoms with E-state index in [0.717, 1.165) is 44.5 Å². The van der Waals surface area contributed by atoms with Gasteiger partial charge in [0.05, 0.1) is 12.2 Å². The van der Waals surface area contributed by atoms with E-state index in [2.05, 4.69) is 37.2 Å². The molecule has 6 fully saturated rings. The third-order valence-electron chi connectivity index (χ3n) is 10.3. The van der Waals surface area contributed by atoms with Gasteiger partial charge in [0.1, 0.15) is 17.8 Å². The van der Waals surface area contributed by atoms with Gasteiger partial charge in [-0.3, -0.25) is 0 Å². The van der Waals surface area contributed by atoms with Gasteiger partial charge >= 0.3 is 6.09 Å². The molecule has 2 aromatic rings.